The zero-order valence-electron chi connectivity index (χ0n) is 13.1. The molecule has 1 N–H and O–H groups in total. The van der Waals surface area contributed by atoms with Crippen LogP contribution < -0.4 is 10.9 Å². The molecular weight excluding hydrogens is 380 g/mol. The van der Waals surface area contributed by atoms with Crippen molar-refractivity contribution < 1.29 is 4.79 Å². The molecule has 1 aliphatic carbocycles. The van der Waals surface area contributed by atoms with E-state index in [-0.39, 0.29) is 17.5 Å². The molecule has 1 amide bonds. The van der Waals surface area contributed by atoms with Crippen LogP contribution in [0, 0.1) is 6.92 Å². The second-order valence-electron chi connectivity index (χ2n) is 5.85. The van der Waals surface area contributed by atoms with Crippen molar-refractivity contribution in [1.82, 2.24) is 14.3 Å². The van der Waals surface area contributed by atoms with Gasteiger partial charge in [0.05, 0.1) is 17.2 Å². The first-order chi connectivity index (χ1) is 11.0. The summed E-state index contributed by atoms with van der Waals surface area (Å²) in [4.78, 5) is 29.6. The predicted molar refractivity (Wildman–Crippen MR) is 94.3 cm³/mol. The lowest BCUT2D eigenvalue weighted by molar-refractivity contribution is 0.102. The Bertz CT molecular complexity index is 786. The monoisotopic (exact) mass is 398 g/mol. The van der Waals surface area contributed by atoms with Gasteiger partial charge in [0.25, 0.3) is 11.5 Å². The molecular formula is C15H19BrN4O2S. The summed E-state index contributed by atoms with van der Waals surface area (Å²) in [5.74, 6) is -0.305. The molecule has 0 atom stereocenters. The molecule has 1 fully saturated rings. The second kappa shape index (κ2) is 6.60. The summed E-state index contributed by atoms with van der Waals surface area (Å²) in [6.07, 6.45) is 5.57. The SMILES string of the molecule is Cc1c(NC(=O)c2scnc2Br)c(=O)n(C2CCCCC2)n1C. The van der Waals surface area contributed by atoms with Crippen molar-refractivity contribution in [2.75, 3.05) is 5.32 Å². The fourth-order valence-corrected chi connectivity index (χ4v) is 4.43. The van der Waals surface area contributed by atoms with Gasteiger partial charge in [0.1, 0.15) is 15.2 Å². The average molecular weight is 399 g/mol. The van der Waals surface area contributed by atoms with Gasteiger partial charge in [-0.25, -0.2) is 9.67 Å². The molecule has 0 spiro atoms. The van der Waals surface area contributed by atoms with Gasteiger partial charge >= 0.3 is 0 Å². The number of anilines is 1. The lowest BCUT2D eigenvalue weighted by atomic mass is 9.96. The van der Waals surface area contributed by atoms with Crippen molar-refractivity contribution in [2.24, 2.45) is 7.05 Å². The number of rotatable bonds is 3. The van der Waals surface area contributed by atoms with Crippen molar-refractivity contribution in [1.29, 1.82) is 0 Å². The predicted octanol–water partition coefficient (Wildman–Crippen LogP) is 3.47. The van der Waals surface area contributed by atoms with E-state index < -0.39 is 0 Å². The van der Waals surface area contributed by atoms with Gasteiger partial charge in [0, 0.05) is 7.05 Å². The Balaban J connectivity index is 1.93. The number of aromatic nitrogens is 3. The van der Waals surface area contributed by atoms with Crippen molar-refractivity contribution >= 4 is 38.9 Å². The number of thiazole rings is 1. The third-order valence-corrected chi connectivity index (χ3v) is 6.17. The van der Waals surface area contributed by atoms with Crippen molar-refractivity contribution in [3.8, 4) is 0 Å². The van der Waals surface area contributed by atoms with Crippen molar-refractivity contribution in [2.45, 2.75) is 45.1 Å². The van der Waals surface area contributed by atoms with Gasteiger partial charge in [-0.1, -0.05) is 19.3 Å². The van der Waals surface area contributed by atoms with Crippen LogP contribution in [-0.4, -0.2) is 20.3 Å². The third kappa shape index (κ3) is 3.01. The molecule has 1 saturated carbocycles. The zero-order valence-corrected chi connectivity index (χ0v) is 15.5. The summed E-state index contributed by atoms with van der Waals surface area (Å²) in [5, 5.41) is 2.77. The van der Waals surface area contributed by atoms with Crippen LogP contribution in [-0.2, 0) is 7.05 Å². The number of amides is 1. The van der Waals surface area contributed by atoms with Gasteiger partial charge in [0.2, 0.25) is 0 Å². The maximum absolute atomic E-state index is 12.8. The highest BCUT2D eigenvalue weighted by Gasteiger charge is 2.25. The minimum atomic E-state index is -0.305. The van der Waals surface area contributed by atoms with Gasteiger partial charge in [-0.05, 0) is 35.7 Å². The van der Waals surface area contributed by atoms with Crippen molar-refractivity contribution in [3.63, 3.8) is 0 Å². The molecule has 2 heterocycles. The van der Waals surface area contributed by atoms with E-state index in [1.54, 1.807) is 10.2 Å². The minimum absolute atomic E-state index is 0.120. The Morgan fingerprint density at radius 3 is 2.70 bits per heavy atom. The van der Waals surface area contributed by atoms with E-state index in [1.807, 2.05) is 18.7 Å². The summed E-state index contributed by atoms with van der Waals surface area (Å²) in [5.41, 5.74) is 2.61. The van der Waals surface area contributed by atoms with Crippen LogP contribution >= 0.6 is 27.3 Å². The zero-order chi connectivity index (χ0) is 16.6. The average Bonchev–Trinajstić information content (AvgIpc) is 3.06. The van der Waals surface area contributed by atoms with Crippen LogP contribution in [0.5, 0.6) is 0 Å². The van der Waals surface area contributed by atoms with E-state index in [4.69, 9.17) is 0 Å². The van der Waals surface area contributed by atoms with Crippen LogP contribution in [0.1, 0.15) is 53.5 Å². The van der Waals surface area contributed by atoms with Crippen LogP contribution in [0.2, 0.25) is 0 Å². The standard InChI is InChI=1S/C15H19BrN4O2S/c1-9-11(18-14(21)12-13(16)17-8-23-12)15(22)20(19(9)2)10-6-4-3-5-7-10/h8,10H,3-7H2,1-2H3,(H,18,21). The highest BCUT2D eigenvalue weighted by molar-refractivity contribution is 9.10. The van der Waals surface area contributed by atoms with Crippen LogP contribution in [0.15, 0.2) is 14.9 Å². The number of nitrogens with one attached hydrogen (secondary N) is 1. The molecule has 2 aromatic heterocycles. The summed E-state index contributed by atoms with van der Waals surface area (Å²) in [7, 11) is 1.88. The molecule has 6 nitrogen and oxygen atoms in total. The highest BCUT2D eigenvalue weighted by Crippen LogP contribution is 2.28. The topological polar surface area (TPSA) is 68.9 Å². The fourth-order valence-electron chi connectivity index (χ4n) is 3.16. The Labute approximate surface area is 146 Å². The molecule has 0 aromatic carbocycles. The summed E-state index contributed by atoms with van der Waals surface area (Å²) < 4.78 is 4.17. The number of hydrogen-bond acceptors (Lipinski definition) is 4. The summed E-state index contributed by atoms with van der Waals surface area (Å²) in [6.45, 7) is 1.86. The fraction of sp³-hybridized carbons (Fsp3) is 0.533. The molecule has 23 heavy (non-hydrogen) atoms. The van der Waals surface area contributed by atoms with Gasteiger partial charge in [-0.3, -0.25) is 14.3 Å². The first-order valence-electron chi connectivity index (χ1n) is 7.69. The number of carbonyl (C=O) groups excluding carboxylic acids is 1. The second-order valence-corrected chi connectivity index (χ2v) is 7.46. The van der Waals surface area contributed by atoms with E-state index in [0.29, 0.717) is 15.2 Å². The van der Waals surface area contributed by atoms with E-state index >= 15 is 0 Å². The van der Waals surface area contributed by atoms with Crippen LogP contribution in [0.25, 0.3) is 0 Å². The molecule has 0 saturated heterocycles. The molecule has 3 rings (SSSR count). The van der Waals surface area contributed by atoms with Gasteiger partial charge in [-0.2, -0.15) is 0 Å². The Morgan fingerprint density at radius 2 is 2.09 bits per heavy atom. The molecule has 8 heteroatoms. The lowest BCUT2D eigenvalue weighted by Crippen LogP contribution is -2.29. The number of halogens is 1. The molecule has 2 aromatic rings. The van der Waals surface area contributed by atoms with Gasteiger partial charge in [0.15, 0.2) is 0 Å². The normalized spacial score (nSPS) is 15.8. The molecule has 124 valence electrons. The quantitative estimate of drug-likeness (QED) is 0.860. The minimum Gasteiger partial charge on any atom is -0.315 e. The number of nitrogens with zero attached hydrogens (tertiary/aromatic N) is 3. The third-order valence-electron chi connectivity index (χ3n) is 4.48. The molecule has 0 radical (unpaired) electrons. The van der Waals surface area contributed by atoms with E-state index in [0.717, 1.165) is 31.4 Å². The number of carbonyl (C=O) groups is 1. The van der Waals surface area contributed by atoms with E-state index in [9.17, 15) is 9.59 Å². The Morgan fingerprint density at radius 1 is 1.39 bits per heavy atom. The van der Waals surface area contributed by atoms with E-state index in [2.05, 4.69) is 26.2 Å². The smallest absolute Gasteiger partial charge is 0.291 e. The maximum Gasteiger partial charge on any atom is 0.291 e. The summed E-state index contributed by atoms with van der Waals surface area (Å²) in [6, 6.07) is 0.223. The Kier molecular flexibility index (Phi) is 4.72. The molecule has 0 bridgehead atoms. The van der Waals surface area contributed by atoms with Gasteiger partial charge < -0.3 is 5.32 Å². The van der Waals surface area contributed by atoms with Crippen LogP contribution in [0.3, 0.4) is 0 Å². The first-order valence-corrected chi connectivity index (χ1v) is 9.36. The largest absolute Gasteiger partial charge is 0.315 e. The van der Waals surface area contributed by atoms with Gasteiger partial charge in [-0.15, -0.1) is 11.3 Å². The maximum atomic E-state index is 12.8. The molecule has 0 unspecified atom stereocenters. The van der Waals surface area contributed by atoms with Crippen molar-refractivity contribution in [3.05, 3.63) is 31.0 Å². The van der Waals surface area contributed by atoms with Crippen LogP contribution in [0.4, 0.5) is 5.69 Å². The lowest BCUT2D eigenvalue weighted by Gasteiger charge is -2.24. The van der Waals surface area contributed by atoms with E-state index in [1.165, 1.54) is 17.8 Å². The molecule has 0 aliphatic heterocycles. The first kappa shape index (κ1) is 16.4. The summed E-state index contributed by atoms with van der Waals surface area (Å²) >= 11 is 4.49. The molecule has 1 aliphatic rings. The number of hydrogen-bond donors (Lipinski definition) is 1. The highest BCUT2D eigenvalue weighted by atomic mass is 79.9. The Hall–Kier alpha value is -1.41.